The van der Waals surface area contributed by atoms with Gasteiger partial charge >= 0.3 is 6.18 Å². The number of halogens is 4. The van der Waals surface area contributed by atoms with Crippen LogP contribution in [0.3, 0.4) is 0 Å². The van der Waals surface area contributed by atoms with Crippen LogP contribution in [0.5, 0.6) is 0 Å². The normalized spacial score (nSPS) is 11.5. The molecule has 0 aliphatic rings. The first-order valence-electron chi connectivity index (χ1n) is 6.23. The van der Waals surface area contributed by atoms with Gasteiger partial charge in [0.25, 0.3) is 0 Å². The van der Waals surface area contributed by atoms with Gasteiger partial charge in [-0.1, -0.05) is 40.2 Å². The van der Waals surface area contributed by atoms with Crippen molar-refractivity contribution in [3.8, 4) is 0 Å². The highest BCUT2D eigenvalue weighted by atomic mass is 79.9. The van der Waals surface area contributed by atoms with Crippen molar-refractivity contribution >= 4 is 21.7 Å². The van der Waals surface area contributed by atoms with Crippen LogP contribution in [0.4, 0.5) is 13.2 Å². The molecule has 5 heteroatoms. The van der Waals surface area contributed by atoms with Crippen LogP contribution in [0.25, 0.3) is 0 Å². The van der Waals surface area contributed by atoms with Crippen LogP contribution >= 0.6 is 15.9 Å². The fraction of sp³-hybridized carbons (Fsp3) is 0.188. The third-order valence-corrected chi connectivity index (χ3v) is 3.69. The predicted octanol–water partition coefficient (Wildman–Crippen LogP) is 5.20. The number of hydrogen-bond donors (Lipinski definition) is 0. The third kappa shape index (κ3) is 3.73. The Bertz CT molecular complexity index is 677. The molecule has 0 unspecified atom stereocenters. The van der Waals surface area contributed by atoms with Gasteiger partial charge in [-0.3, -0.25) is 4.79 Å². The summed E-state index contributed by atoms with van der Waals surface area (Å²) in [5, 5.41) is 0. The predicted molar refractivity (Wildman–Crippen MR) is 78.4 cm³/mol. The van der Waals surface area contributed by atoms with Gasteiger partial charge in [0.15, 0.2) is 5.78 Å². The molecule has 0 N–H and O–H groups in total. The molecule has 0 atom stereocenters. The fourth-order valence-corrected chi connectivity index (χ4v) is 2.43. The lowest BCUT2D eigenvalue weighted by Crippen LogP contribution is -2.15. The van der Waals surface area contributed by atoms with Gasteiger partial charge in [0.2, 0.25) is 0 Å². The van der Waals surface area contributed by atoms with Gasteiger partial charge in [0.1, 0.15) is 0 Å². The topological polar surface area (TPSA) is 17.1 Å². The lowest BCUT2D eigenvalue weighted by atomic mass is 9.96. The Morgan fingerprint density at radius 2 is 1.81 bits per heavy atom. The largest absolute Gasteiger partial charge is 0.417 e. The molecule has 2 aromatic rings. The second kappa shape index (κ2) is 6.02. The number of ketones is 1. The van der Waals surface area contributed by atoms with Crippen molar-refractivity contribution in [1.82, 2.24) is 0 Å². The van der Waals surface area contributed by atoms with Gasteiger partial charge in [-0.25, -0.2) is 0 Å². The summed E-state index contributed by atoms with van der Waals surface area (Å²) < 4.78 is 39.4. The molecule has 0 spiro atoms. The molecule has 2 rings (SSSR count). The lowest BCUT2D eigenvalue weighted by Gasteiger charge is -2.13. The summed E-state index contributed by atoms with van der Waals surface area (Å²) in [5.74, 6) is -0.538. The quantitative estimate of drug-likeness (QED) is 0.690. The number of benzene rings is 2. The Hall–Kier alpha value is -1.62. The van der Waals surface area contributed by atoms with E-state index in [9.17, 15) is 18.0 Å². The molecule has 0 aromatic heterocycles. The minimum Gasteiger partial charge on any atom is -0.294 e. The minimum absolute atomic E-state index is 0.0443. The number of Topliss-reactive ketones (excluding diaryl/α,β-unsaturated/α-hetero) is 1. The Balaban J connectivity index is 2.38. The smallest absolute Gasteiger partial charge is 0.294 e. The monoisotopic (exact) mass is 356 g/mol. The molecule has 0 aliphatic heterocycles. The number of carbonyl (C=O) groups excluding carboxylic acids is 1. The summed E-state index contributed by atoms with van der Waals surface area (Å²) in [6, 6.07) is 10.8. The molecule has 21 heavy (non-hydrogen) atoms. The van der Waals surface area contributed by atoms with Crippen molar-refractivity contribution < 1.29 is 18.0 Å². The zero-order chi connectivity index (χ0) is 15.6. The number of carbonyl (C=O) groups is 1. The first kappa shape index (κ1) is 15.8. The summed E-state index contributed by atoms with van der Waals surface area (Å²) in [6.07, 6.45) is -4.60. The average molecular weight is 357 g/mol. The van der Waals surface area contributed by atoms with E-state index >= 15 is 0 Å². The second-order valence-corrected chi connectivity index (χ2v) is 5.63. The van der Waals surface area contributed by atoms with E-state index in [-0.39, 0.29) is 12.0 Å². The Labute approximate surface area is 128 Å². The fourth-order valence-electron chi connectivity index (χ4n) is 2.07. The molecule has 0 heterocycles. The molecule has 0 saturated carbocycles. The van der Waals surface area contributed by atoms with E-state index in [2.05, 4.69) is 15.9 Å². The van der Waals surface area contributed by atoms with Crippen molar-refractivity contribution in [3.05, 3.63) is 69.2 Å². The van der Waals surface area contributed by atoms with Gasteiger partial charge in [-0.2, -0.15) is 13.2 Å². The number of alkyl halides is 3. The molecule has 0 bridgehead atoms. The number of rotatable bonds is 3. The highest BCUT2D eigenvalue weighted by Gasteiger charge is 2.35. The molecule has 1 nitrogen and oxygen atoms in total. The lowest BCUT2D eigenvalue weighted by molar-refractivity contribution is -0.138. The van der Waals surface area contributed by atoms with Crippen molar-refractivity contribution in [2.45, 2.75) is 19.5 Å². The van der Waals surface area contributed by atoms with E-state index in [4.69, 9.17) is 0 Å². The van der Waals surface area contributed by atoms with Crippen LogP contribution in [-0.2, 0) is 12.6 Å². The second-order valence-electron chi connectivity index (χ2n) is 4.71. The summed E-state index contributed by atoms with van der Waals surface area (Å²) >= 11 is 3.01. The van der Waals surface area contributed by atoms with Crippen molar-refractivity contribution in [1.29, 1.82) is 0 Å². The Kier molecular flexibility index (Phi) is 4.52. The first-order chi connectivity index (χ1) is 9.79. The third-order valence-electron chi connectivity index (χ3n) is 3.20. The summed E-state index contributed by atoms with van der Waals surface area (Å²) in [5.41, 5.74) is 0.416. The minimum atomic E-state index is -4.56. The van der Waals surface area contributed by atoms with Gasteiger partial charge in [0, 0.05) is 16.5 Å². The van der Waals surface area contributed by atoms with E-state index in [1.54, 1.807) is 12.1 Å². The molecule has 0 radical (unpaired) electrons. The van der Waals surface area contributed by atoms with Crippen LogP contribution < -0.4 is 0 Å². The highest BCUT2D eigenvalue weighted by Crippen LogP contribution is 2.34. The summed E-state index contributed by atoms with van der Waals surface area (Å²) in [6.45, 7) is 1.83. The maximum Gasteiger partial charge on any atom is 0.417 e. The Morgan fingerprint density at radius 1 is 1.14 bits per heavy atom. The summed E-state index contributed by atoms with van der Waals surface area (Å²) in [7, 11) is 0. The van der Waals surface area contributed by atoms with Gasteiger partial charge in [0.05, 0.1) is 5.56 Å². The molecule has 2 aromatic carbocycles. The van der Waals surface area contributed by atoms with Crippen molar-refractivity contribution in [2.75, 3.05) is 0 Å². The van der Waals surface area contributed by atoms with Gasteiger partial charge in [-0.05, 0) is 36.2 Å². The van der Waals surface area contributed by atoms with E-state index in [0.29, 0.717) is 4.47 Å². The van der Waals surface area contributed by atoms with Gasteiger partial charge < -0.3 is 0 Å². The van der Waals surface area contributed by atoms with Crippen LogP contribution in [0.2, 0.25) is 0 Å². The van der Waals surface area contributed by atoms with Crippen LogP contribution in [0.15, 0.2) is 46.9 Å². The number of aryl methyl sites for hydroxylation is 1. The molecule has 0 fully saturated rings. The van der Waals surface area contributed by atoms with E-state index in [0.717, 1.165) is 17.2 Å². The van der Waals surface area contributed by atoms with Gasteiger partial charge in [-0.15, -0.1) is 0 Å². The SMILES string of the molecule is Cc1ccccc1CC(=O)c1ccc(Br)cc1C(F)(F)F. The summed E-state index contributed by atoms with van der Waals surface area (Å²) in [4.78, 5) is 12.2. The molecular formula is C16H12BrF3O. The first-order valence-corrected chi connectivity index (χ1v) is 7.03. The standard InChI is InChI=1S/C16H12BrF3O/c1-10-4-2-3-5-11(10)8-15(21)13-7-6-12(17)9-14(13)16(18,19)20/h2-7,9H,8H2,1H3. The van der Waals surface area contributed by atoms with Crippen LogP contribution in [0, 0.1) is 6.92 Å². The molecule has 0 amide bonds. The molecule has 0 saturated heterocycles. The maximum atomic E-state index is 13.0. The molecule has 0 aliphatic carbocycles. The molecule has 110 valence electrons. The average Bonchev–Trinajstić information content (AvgIpc) is 2.40. The van der Waals surface area contributed by atoms with Crippen LogP contribution in [-0.4, -0.2) is 5.78 Å². The van der Waals surface area contributed by atoms with Crippen molar-refractivity contribution in [3.63, 3.8) is 0 Å². The zero-order valence-electron chi connectivity index (χ0n) is 11.2. The molecular weight excluding hydrogens is 345 g/mol. The van der Waals surface area contributed by atoms with E-state index < -0.39 is 17.5 Å². The van der Waals surface area contributed by atoms with E-state index in [1.165, 1.54) is 12.1 Å². The van der Waals surface area contributed by atoms with Crippen LogP contribution in [0.1, 0.15) is 27.0 Å². The number of hydrogen-bond acceptors (Lipinski definition) is 1. The van der Waals surface area contributed by atoms with E-state index in [1.807, 2.05) is 19.1 Å². The maximum absolute atomic E-state index is 13.0. The Morgan fingerprint density at radius 3 is 2.43 bits per heavy atom. The highest BCUT2D eigenvalue weighted by molar-refractivity contribution is 9.10. The zero-order valence-corrected chi connectivity index (χ0v) is 12.8. The van der Waals surface area contributed by atoms with Crippen molar-refractivity contribution in [2.24, 2.45) is 0 Å².